The quantitative estimate of drug-likeness (QED) is 0.825. The Hall–Kier alpha value is -0.0800. The summed E-state index contributed by atoms with van der Waals surface area (Å²) in [5, 5.41) is 3.61. The molecule has 2 rings (SSSR count). The fourth-order valence-corrected chi connectivity index (χ4v) is 4.05. The van der Waals surface area contributed by atoms with Crippen LogP contribution in [0, 0.1) is 5.92 Å². The van der Waals surface area contributed by atoms with E-state index in [4.69, 9.17) is 0 Å². The van der Waals surface area contributed by atoms with Crippen LogP contribution in [-0.2, 0) is 0 Å². The van der Waals surface area contributed by atoms with Crippen LogP contribution in [0.3, 0.4) is 0 Å². The molecule has 0 heterocycles. The average Bonchev–Trinajstić information content (AvgIpc) is 2.39. The maximum atomic E-state index is 3.61. The number of nitrogens with one attached hydrogen (secondary N) is 1. The second-order valence-corrected chi connectivity index (χ2v) is 6.65. The van der Waals surface area contributed by atoms with Crippen molar-refractivity contribution >= 4 is 0 Å². The van der Waals surface area contributed by atoms with Crippen LogP contribution in [-0.4, -0.2) is 36.6 Å². The highest BCUT2D eigenvalue weighted by molar-refractivity contribution is 4.86. The van der Waals surface area contributed by atoms with E-state index in [-0.39, 0.29) is 0 Å². The maximum absolute atomic E-state index is 3.61. The van der Waals surface area contributed by atoms with Crippen LogP contribution in [0.2, 0.25) is 0 Å². The lowest BCUT2D eigenvalue weighted by atomic mass is 9.83. The summed E-state index contributed by atoms with van der Waals surface area (Å²) in [4.78, 5) is 2.73. The first-order chi connectivity index (χ1) is 8.70. The van der Waals surface area contributed by atoms with Crippen molar-refractivity contribution in [2.75, 3.05) is 13.6 Å². The van der Waals surface area contributed by atoms with Gasteiger partial charge in [0.2, 0.25) is 0 Å². The Morgan fingerprint density at radius 3 is 2.33 bits per heavy atom. The summed E-state index contributed by atoms with van der Waals surface area (Å²) in [5.41, 5.74) is 0. The minimum atomic E-state index is 0.796. The molecule has 0 aliphatic heterocycles. The molecule has 0 saturated heterocycles. The van der Waals surface area contributed by atoms with E-state index < -0.39 is 0 Å². The molecule has 0 aromatic heterocycles. The molecule has 2 unspecified atom stereocenters. The lowest BCUT2D eigenvalue weighted by molar-refractivity contribution is 0.0896. The highest BCUT2D eigenvalue weighted by Gasteiger charge is 2.29. The maximum Gasteiger partial charge on any atom is 0.00976 e. The summed E-state index contributed by atoms with van der Waals surface area (Å²) in [7, 11) is 2.39. The van der Waals surface area contributed by atoms with Gasteiger partial charge in [-0.15, -0.1) is 0 Å². The Labute approximate surface area is 114 Å². The van der Waals surface area contributed by atoms with Crippen molar-refractivity contribution in [3.8, 4) is 0 Å². The Bertz CT molecular complexity index is 233. The predicted molar refractivity (Wildman–Crippen MR) is 78.9 cm³/mol. The van der Waals surface area contributed by atoms with Crippen LogP contribution in [0.25, 0.3) is 0 Å². The number of hydrogen-bond donors (Lipinski definition) is 1. The summed E-state index contributed by atoms with van der Waals surface area (Å²) in [6.07, 6.45) is 11.3. The molecular formula is C16H32N2. The molecule has 0 amide bonds. The number of hydrogen-bond acceptors (Lipinski definition) is 2. The molecule has 0 aromatic rings. The highest BCUT2D eigenvalue weighted by Crippen LogP contribution is 2.31. The monoisotopic (exact) mass is 252 g/mol. The molecule has 2 nitrogen and oxygen atoms in total. The molecule has 0 aromatic carbocycles. The van der Waals surface area contributed by atoms with Gasteiger partial charge in [0.25, 0.3) is 0 Å². The van der Waals surface area contributed by atoms with Crippen molar-refractivity contribution in [2.45, 2.75) is 83.3 Å². The Morgan fingerprint density at radius 1 is 1.00 bits per heavy atom. The summed E-state index contributed by atoms with van der Waals surface area (Å²) in [5.74, 6) is 0.948. The van der Waals surface area contributed by atoms with Gasteiger partial charge in [-0.05, 0) is 58.0 Å². The third-order valence-corrected chi connectivity index (χ3v) is 5.25. The highest BCUT2D eigenvalue weighted by atomic mass is 15.2. The molecule has 1 N–H and O–H groups in total. The summed E-state index contributed by atoms with van der Waals surface area (Å²) in [6, 6.07) is 2.52. The fourth-order valence-electron chi connectivity index (χ4n) is 4.05. The van der Waals surface area contributed by atoms with E-state index >= 15 is 0 Å². The average molecular weight is 252 g/mol. The normalized spacial score (nSPS) is 38.0. The van der Waals surface area contributed by atoms with Gasteiger partial charge in [0.1, 0.15) is 0 Å². The van der Waals surface area contributed by atoms with Crippen molar-refractivity contribution in [3.63, 3.8) is 0 Å². The first kappa shape index (κ1) is 14.3. The van der Waals surface area contributed by atoms with Crippen LogP contribution >= 0.6 is 0 Å². The third-order valence-electron chi connectivity index (χ3n) is 5.25. The molecule has 0 radical (unpaired) electrons. The van der Waals surface area contributed by atoms with Crippen LogP contribution in [0.15, 0.2) is 0 Å². The van der Waals surface area contributed by atoms with Crippen LogP contribution in [0.4, 0.5) is 0 Å². The van der Waals surface area contributed by atoms with Gasteiger partial charge in [-0.2, -0.15) is 0 Å². The molecule has 2 heteroatoms. The van der Waals surface area contributed by atoms with Gasteiger partial charge < -0.3 is 10.2 Å². The van der Waals surface area contributed by atoms with Gasteiger partial charge in [0.05, 0.1) is 0 Å². The van der Waals surface area contributed by atoms with Crippen LogP contribution in [0.5, 0.6) is 0 Å². The summed E-state index contributed by atoms with van der Waals surface area (Å²) in [6.45, 7) is 5.79. The van der Waals surface area contributed by atoms with Crippen molar-refractivity contribution in [3.05, 3.63) is 0 Å². The van der Waals surface area contributed by atoms with E-state index in [1.54, 1.807) is 0 Å². The zero-order chi connectivity index (χ0) is 13.0. The van der Waals surface area contributed by atoms with Gasteiger partial charge in [-0.25, -0.2) is 0 Å². The first-order valence-electron chi connectivity index (χ1n) is 8.16. The predicted octanol–water partition coefficient (Wildman–Crippen LogP) is 3.42. The SMILES string of the molecule is CCNC1CCC(N(C)C2CCCC(C)C2)CC1. The smallest absolute Gasteiger partial charge is 0.00976 e. The third kappa shape index (κ3) is 3.71. The summed E-state index contributed by atoms with van der Waals surface area (Å²) >= 11 is 0. The van der Waals surface area contributed by atoms with E-state index in [1.807, 2.05) is 0 Å². The molecule has 2 fully saturated rings. The zero-order valence-electron chi connectivity index (χ0n) is 12.6. The van der Waals surface area contributed by atoms with E-state index in [9.17, 15) is 0 Å². The van der Waals surface area contributed by atoms with E-state index in [1.165, 1.54) is 51.4 Å². The van der Waals surface area contributed by atoms with Crippen LogP contribution < -0.4 is 5.32 Å². The van der Waals surface area contributed by atoms with Gasteiger partial charge in [-0.1, -0.05) is 26.7 Å². The first-order valence-corrected chi connectivity index (χ1v) is 8.16. The second-order valence-electron chi connectivity index (χ2n) is 6.65. The summed E-state index contributed by atoms with van der Waals surface area (Å²) < 4.78 is 0. The van der Waals surface area contributed by atoms with Crippen LogP contribution in [0.1, 0.15) is 65.2 Å². The molecule has 106 valence electrons. The van der Waals surface area contributed by atoms with Gasteiger partial charge in [0, 0.05) is 18.1 Å². The Kier molecular flexibility index (Phi) is 5.50. The molecule has 2 saturated carbocycles. The minimum absolute atomic E-state index is 0.796. The van der Waals surface area contributed by atoms with Gasteiger partial charge >= 0.3 is 0 Å². The topological polar surface area (TPSA) is 15.3 Å². The zero-order valence-corrected chi connectivity index (χ0v) is 12.6. The molecule has 0 bridgehead atoms. The van der Waals surface area contributed by atoms with Crippen molar-refractivity contribution < 1.29 is 0 Å². The second kappa shape index (κ2) is 6.91. The molecule has 0 spiro atoms. The minimum Gasteiger partial charge on any atom is -0.314 e. The number of nitrogens with zero attached hydrogens (tertiary/aromatic N) is 1. The molecule has 2 atom stereocenters. The Morgan fingerprint density at radius 2 is 1.72 bits per heavy atom. The lowest BCUT2D eigenvalue weighted by Gasteiger charge is -2.42. The number of rotatable bonds is 4. The van der Waals surface area contributed by atoms with Gasteiger partial charge in [0.15, 0.2) is 0 Å². The fraction of sp³-hybridized carbons (Fsp3) is 1.00. The molecule has 2 aliphatic rings. The molecular weight excluding hydrogens is 220 g/mol. The van der Waals surface area contributed by atoms with Crippen molar-refractivity contribution in [1.29, 1.82) is 0 Å². The van der Waals surface area contributed by atoms with E-state index in [0.717, 1.165) is 30.6 Å². The van der Waals surface area contributed by atoms with Crippen molar-refractivity contribution in [2.24, 2.45) is 5.92 Å². The van der Waals surface area contributed by atoms with E-state index in [0.29, 0.717) is 0 Å². The standard InChI is InChI=1S/C16H32N2/c1-4-17-14-8-10-15(11-9-14)18(3)16-7-5-6-13(2)12-16/h13-17H,4-12H2,1-3H3. The molecule has 18 heavy (non-hydrogen) atoms. The molecule has 2 aliphatic carbocycles. The Balaban J connectivity index is 1.77. The lowest BCUT2D eigenvalue weighted by Crippen LogP contribution is -2.46. The van der Waals surface area contributed by atoms with E-state index in [2.05, 4.69) is 31.1 Å². The largest absolute Gasteiger partial charge is 0.314 e. The van der Waals surface area contributed by atoms with Gasteiger partial charge in [-0.3, -0.25) is 0 Å². The van der Waals surface area contributed by atoms with Crippen molar-refractivity contribution in [1.82, 2.24) is 10.2 Å².